The van der Waals surface area contributed by atoms with Gasteiger partial charge >= 0.3 is 0 Å². The van der Waals surface area contributed by atoms with E-state index in [2.05, 4.69) is 0 Å². The SMILES string of the molecule is COc1cc(C(=O)N2CCCN(S(C)(=O)=O)CC2)c(OC)cc1C. The summed E-state index contributed by atoms with van der Waals surface area (Å²) in [6.45, 7) is 3.47. The van der Waals surface area contributed by atoms with Crippen LogP contribution < -0.4 is 9.47 Å². The highest BCUT2D eigenvalue weighted by atomic mass is 32.2. The van der Waals surface area contributed by atoms with E-state index in [9.17, 15) is 13.2 Å². The minimum Gasteiger partial charge on any atom is -0.496 e. The first-order chi connectivity index (χ1) is 11.3. The van der Waals surface area contributed by atoms with Crippen LogP contribution in [0.5, 0.6) is 11.5 Å². The quantitative estimate of drug-likeness (QED) is 0.808. The molecule has 134 valence electrons. The number of nitrogens with zero attached hydrogens (tertiary/aromatic N) is 2. The van der Waals surface area contributed by atoms with Crippen LogP contribution in [-0.4, -0.2) is 70.2 Å². The van der Waals surface area contributed by atoms with Gasteiger partial charge in [0.1, 0.15) is 11.5 Å². The number of amides is 1. The first-order valence-corrected chi connectivity index (χ1v) is 9.59. The average Bonchev–Trinajstić information content (AvgIpc) is 2.79. The molecular weight excluding hydrogens is 332 g/mol. The van der Waals surface area contributed by atoms with Gasteiger partial charge < -0.3 is 14.4 Å². The monoisotopic (exact) mass is 356 g/mol. The molecule has 1 amide bonds. The van der Waals surface area contributed by atoms with Crippen molar-refractivity contribution in [3.63, 3.8) is 0 Å². The van der Waals surface area contributed by atoms with E-state index in [1.807, 2.05) is 6.92 Å². The lowest BCUT2D eigenvalue weighted by molar-refractivity contribution is 0.0760. The molecular formula is C16H24N2O5S. The van der Waals surface area contributed by atoms with Gasteiger partial charge in [0.05, 0.1) is 26.0 Å². The fraction of sp³-hybridized carbons (Fsp3) is 0.562. The van der Waals surface area contributed by atoms with E-state index in [-0.39, 0.29) is 5.91 Å². The molecule has 8 heteroatoms. The third kappa shape index (κ3) is 3.99. The lowest BCUT2D eigenvalue weighted by Gasteiger charge is -2.22. The highest BCUT2D eigenvalue weighted by Crippen LogP contribution is 2.29. The number of hydrogen-bond donors (Lipinski definition) is 0. The molecule has 7 nitrogen and oxygen atoms in total. The molecule has 0 bridgehead atoms. The van der Waals surface area contributed by atoms with Crippen LogP contribution >= 0.6 is 0 Å². The first-order valence-electron chi connectivity index (χ1n) is 7.75. The highest BCUT2D eigenvalue weighted by molar-refractivity contribution is 7.88. The number of aryl methyl sites for hydroxylation is 1. The molecule has 0 spiro atoms. The van der Waals surface area contributed by atoms with E-state index < -0.39 is 10.0 Å². The second kappa shape index (κ2) is 7.40. The Hall–Kier alpha value is -1.80. The van der Waals surface area contributed by atoms with Gasteiger partial charge in [-0.3, -0.25) is 4.79 Å². The van der Waals surface area contributed by atoms with Crippen LogP contribution in [0.15, 0.2) is 12.1 Å². The van der Waals surface area contributed by atoms with Crippen molar-refractivity contribution in [3.05, 3.63) is 23.3 Å². The van der Waals surface area contributed by atoms with Gasteiger partial charge in [0.15, 0.2) is 0 Å². The Morgan fingerprint density at radius 3 is 2.29 bits per heavy atom. The maximum absolute atomic E-state index is 12.9. The molecule has 0 radical (unpaired) electrons. The van der Waals surface area contributed by atoms with Gasteiger partial charge in [0.2, 0.25) is 10.0 Å². The largest absolute Gasteiger partial charge is 0.496 e. The van der Waals surface area contributed by atoms with Crippen molar-refractivity contribution in [1.82, 2.24) is 9.21 Å². The number of benzene rings is 1. The number of methoxy groups -OCH3 is 2. The van der Waals surface area contributed by atoms with Crippen molar-refractivity contribution >= 4 is 15.9 Å². The number of ether oxygens (including phenoxy) is 2. The van der Waals surface area contributed by atoms with Gasteiger partial charge in [-0.05, 0) is 31.0 Å². The molecule has 1 aliphatic rings. The van der Waals surface area contributed by atoms with Gasteiger partial charge in [-0.25, -0.2) is 12.7 Å². The van der Waals surface area contributed by atoms with Crippen molar-refractivity contribution in [3.8, 4) is 11.5 Å². The molecule has 1 aromatic rings. The summed E-state index contributed by atoms with van der Waals surface area (Å²) in [7, 11) is -0.167. The molecule has 1 aromatic carbocycles. The Kier molecular flexibility index (Phi) is 5.71. The molecule has 1 heterocycles. The Morgan fingerprint density at radius 2 is 1.71 bits per heavy atom. The van der Waals surface area contributed by atoms with Crippen molar-refractivity contribution in [1.29, 1.82) is 0 Å². The number of carbonyl (C=O) groups is 1. The third-order valence-corrected chi connectivity index (χ3v) is 5.46. The van der Waals surface area contributed by atoms with Crippen LogP contribution in [0.25, 0.3) is 0 Å². The van der Waals surface area contributed by atoms with Gasteiger partial charge in [-0.15, -0.1) is 0 Å². The molecule has 0 atom stereocenters. The van der Waals surface area contributed by atoms with Crippen molar-refractivity contribution < 1.29 is 22.7 Å². The van der Waals surface area contributed by atoms with E-state index in [1.54, 1.807) is 24.1 Å². The van der Waals surface area contributed by atoms with Crippen LogP contribution in [0.2, 0.25) is 0 Å². The molecule has 0 unspecified atom stereocenters. The summed E-state index contributed by atoms with van der Waals surface area (Å²) in [6, 6.07) is 3.45. The standard InChI is InChI=1S/C16H24N2O5S/c1-12-10-15(23-3)13(11-14(12)22-2)16(19)17-6-5-7-18(9-8-17)24(4,20)21/h10-11H,5-9H2,1-4H3. The van der Waals surface area contributed by atoms with Gasteiger partial charge in [0.25, 0.3) is 5.91 Å². The van der Waals surface area contributed by atoms with Crippen molar-refractivity contribution in [2.24, 2.45) is 0 Å². The first kappa shape index (κ1) is 18.5. The summed E-state index contributed by atoms with van der Waals surface area (Å²) in [5.74, 6) is 0.926. The normalized spacial score (nSPS) is 16.6. The van der Waals surface area contributed by atoms with E-state index in [1.165, 1.54) is 17.7 Å². The van der Waals surface area contributed by atoms with Gasteiger partial charge in [-0.1, -0.05) is 0 Å². The summed E-state index contributed by atoms with van der Waals surface area (Å²) in [5, 5.41) is 0. The summed E-state index contributed by atoms with van der Waals surface area (Å²) in [5.41, 5.74) is 1.30. The lowest BCUT2D eigenvalue weighted by atomic mass is 10.1. The number of hydrogen-bond acceptors (Lipinski definition) is 5. The minimum absolute atomic E-state index is 0.180. The smallest absolute Gasteiger partial charge is 0.257 e. The minimum atomic E-state index is -3.24. The Balaban J connectivity index is 2.25. The van der Waals surface area contributed by atoms with Crippen LogP contribution in [0, 0.1) is 6.92 Å². The predicted molar refractivity (Wildman–Crippen MR) is 91.2 cm³/mol. The third-order valence-electron chi connectivity index (χ3n) is 4.16. The molecule has 2 rings (SSSR count). The molecule has 1 aliphatic heterocycles. The average molecular weight is 356 g/mol. The zero-order chi connectivity index (χ0) is 17.9. The Bertz CT molecular complexity index is 717. The molecule has 0 saturated carbocycles. The molecule has 1 saturated heterocycles. The highest BCUT2D eigenvalue weighted by Gasteiger charge is 2.26. The Labute approximate surface area is 143 Å². The lowest BCUT2D eigenvalue weighted by Crippen LogP contribution is -2.37. The van der Waals surface area contributed by atoms with Gasteiger partial charge in [-0.2, -0.15) is 0 Å². The zero-order valence-electron chi connectivity index (χ0n) is 14.5. The van der Waals surface area contributed by atoms with E-state index in [0.717, 1.165) is 5.56 Å². The molecule has 0 aliphatic carbocycles. The maximum Gasteiger partial charge on any atom is 0.257 e. The number of sulfonamides is 1. The molecule has 0 aromatic heterocycles. The number of carbonyl (C=O) groups excluding carboxylic acids is 1. The summed E-state index contributed by atoms with van der Waals surface area (Å²) < 4.78 is 35.4. The number of rotatable bonds is 4. The van der Waals surface area contributed by atoms with E-state index >= 15 is 0 Å². The zero-order valence-corrected chi connectivity index (χ0v) is 15.4. The fourth-order valence-corrected chi connectivity index (χ4v) is 3.69. The molecule has 0 N–H and O–H groups in total. The fourth-order valence-electron chi connectivity index (χ4n) is 2.82. The second-order valence-corrected chi connectivity index (χ2v) is 7.81. The van der Waals surface area contributed by atoms with E-state index in [0.29, 0.717) is 49.7 Å². The predicted octanol–water partition coefficient (Wildman–Crippen LogP) is 1.12. The second-order valence-electron chi connectivity index (χ2n) is 5.83. The summed E-state index contributed by atoms with van der Waals surface area (Å²) >= 11 is 0. The maximum atomic E-state index is 12.9. The van der Waals surface area contributed by atoms with Gasteiger partial charge in [0, 0.05) is 26.2 Å². The topological polar surface area (TPSA) is 76.2 Å². The van der Waals surface area contributed by atoms with Crippen LogP contribution in [0.4, 0.5) is 0 Å². The van der Waals surface area contributed by atoms with E-state index in [4.69, 9.17) is 9.47 Å². The molecule has 1 fully saturated rings. The van der Waals surface area contributed by atoms with Crippen LogP contribution in [0.3, 0.4) is 0 Å². The van der Waals surface area contributed by atoms with Crippen LogP contribution in [-0.2, 0) is 10.0 Å². The van der Waals surface area contributed by atoms with Crippen LogP contribution in [0.1, 0.15) is 22.3 Å². The van der Waals surface area contributed by atoms with Crippen molar-refractivity contribution in [2.75, 3.05) is 46.7 Å². The Morgan fingerprint density at radius 1 is 1.04 bits per heavy atom. The summed E-state index contributed by atoms with van der Waals surface area (Å²) in [6.07, 6.45) is 1.79. The molecule has 24 heavy (non-hydrogen) atoms. The summed E-state index contributed by atoms with van der Waals surface area (Å²) in [4.78, 5) is 14.6. The van der Waals surface area contributed by atoms with Crippen molar-refractivity contribution in [2.45, 2.75) is 13.3 Å².